The molecule has 0 aliphatic heterocycles. The zero-order valence-corrected chi connectivity index (χ0v) is 17.0. The van der Waals surface area contributed by atoms with E-state index in [0.29, 0.717) is 26.4 Å². The van der Waals surface area contributed by atoms with Crippen LogP contribution in [0.5, 0.6) is 0 Å². The molecule has 154 valence electrons. The fraction of sp³-hybridized carbons (Fsp3) is 0.231. The van der Waals surface area contributed by atoms with Gasteiger partial charge in [0.15, 0.2) is 0 Å². The Kier molecular flexibility index (Phi) is 6.72. The van der Waals surface area contributed by atoms with E-state index in [1.54, 1.807) is 0 Å². The van der Waals surface area contributed by atoms with Crippen molar-refractivity contribution >= 4 is 21.5 Å². The molecule has 0 fully saturated rings. The van der Waals surface area contributed by atoms with E-state index >= 15 is 0 Å². The van der Waals surface area contributed by atoms with E-state index < -0.39 is 0 Å². The normalized spacial score (nSPS) is 13.5. The van der Waals surface area contributed by atoms with Crippen LogP contribution in [-0.4, -0.2) is 25.3 Å². The van der Waals surface area contributed by atoms with Crippen LogP contribution in [0.4, 0.5) is 0 Å². The maximum Gasteiger partial charge on any atom is 0.0717 e. The first-order valence-electron chi connectivity index (χ1n) is 10.3. The third kappa shape index (κ3) is 5.23. The van der Waals surface area contributed by atoms with E-state index in [2.05, 4.69) is 60.7 Å². The molecule has 0 aliphatic carbocycles. The van der Waals surface area contributed by atoms with Gasteiger partial charge in [-0.25, -0.2) is 0 Å². The lowest BCUT2D eigenvalue weighted by atomic mass is 10.1. The number of rotatable bonds is 9. The minimum absolute atomic E-state index is 0.276. The summed E-state index contributed by atoms with van der Waals surface area (Å²) < 4.78 is 11.6. The van der Waals surface area contributed by atoms with E-state index in [-0.39, 0.29) is 12.1 Å². The summed E-state index contributed by atoms with van der Waals surface area (Å²) in [6.07, 6.45) is 0. The van der Waals surface area contributed by atoms with Gasteiger partial charge in [-0.3, -0.25) is 0 Å². The van der Waals surface area contributed by atoms with Gasteiger partial charge in [-0.05, 0) is 44.8 Å². The lowest BCUT2D eigenvalue weighted by Gasteiger charge is -2.20. The molecule has 0 bridgehead atoms. The molecule has 0 amide bonds. The number of benzene rings is 4. The topological polar surface area (TPSA) is 70.5 Å². The first-order valence-corrected chi connectivity index (χ1v) is 10.3. The molecule has 0 radical (unpaired) electrons. The number of nitrogens with two attached hydrogens (primary N) is 2. The summed E-state index contributed by atoms with van der Waals surface area (Å²) in [5.41, 5.74) is 14.6. The second-order valence-corrected chi connectivity index (χ2v) is 7.72. The minimum Gasteiger partial charge on any atom is -0.375 e. The number of hydrogen-bond donors (Lipinski definition) is 2. The molecule has 4 rings (SSSR count). The molecular formula is C26H28N2O2. The number of ether oxygens (including phenoxy) is 2. The predicted octanol–water partition coefficient (Wildman–Crippen LogP) is 4.38. The number of fused-ring (bicyclic) bond motifs is 2. The second kappa shape index (κ2) is 9.83. The molecule has 4 nitrogen and oxygen atoms in total. The number of hydrogen-bond acceptors (Lipinski definition) is 4. The fourth-order valence-electron chi connectivity index (χ4n) is 3.53. The Morgan fingerprint density at radius 3 is 1.37 bits per heavy atom. The Hall–Kier alpha value is -2.76. The van der Waals surface area contributed by atoms with Gasteiger partial charge in [0.05, 0.1) is 26.4 Å². The van der Waals surface area contributed by atoms with E-state index in [1.807, 2.05) is 24.3 Å². The van der Waals surface area contributed by atoms with Gasteiger partial charge in [-0.2, -0.15) is 0 Å². The van der Waals surface area contributed by atoms with Crippen molar-refractivity contribution < 1.29 is 9.47 Å². The molecule has 30 heavy (non-hydrogen) atoms. The lowest BCUT2D eigenvalue weighted by Crippen LogP contribution is -2.47. The van der Waals surface area contributed by atoms with Crippen LogP contribution in [0.1, 0.15) is 11.1 Å². The van der Waals surface area contributed by atoms with E-state index in [1.165, 1.54) is 21.5 Å². The van der Waals surface area contributed by atoms with Crippen molar-refractivity contribution in [2.45, 2.75) is 25.3 Å². The largest absolute Gasteiger partial charge is 0.375 e. The molecule has 0 saturated heterocycles. The molecule has 4 N–H and O–H groups in total. The summed E-state index contributed by atoms with van der Waals surface area (Å²) in [5.74, 6) is 0. The Labute approximate surface area is 177 Å². The quantitative estimate of drug-likeness (QED) is 0.437. The standard InChI is InChI=1S/C26H28N2O2/c27-25(17-29-15-19-9-11-21-5-1-3-7-23(21)13-19)26(28)18-30-16-20-10-12-22-6-2-4-8-24(22)14-20/h1-14,25-26H,15-18,27-28H2/t25-,26-/m1/s1. The van der Waals surface area contributed by atoms with Crippen molar-refractivity contribution in [3.8, 4) is 0 Å². The summed E-state index contributed by atoms with van der Waals surface area (Å²) >= 11 is 0. The summed E-state index contributed by atoms with van der Waals surface area (Å²) in [5, 5.41) is 4.87. The van der Waals surface area contributed by atoms with E-state index in [9.17, 15) is 0 Å². The van der Waals surface area contributed by atoms with Crippen molar-refractivity contribution in [2.24, 2.45) is 11.5 Å². The first kappa shape index (κ1) is 20.5. The maximum absolute atomic E-state index is 6.20. The van der Waals surface area contributed by atoms with Gasteiger partial charge in [-0.1, -0.05) is 72.8 Å². The van der Waals surface area contributed by atoms with E-state index in [0.717, 1.165) is 11.1 Å². The summed E-state index contributed by atoms with van der Waals surface area (Å²) in [6.45, 7) is 1.83. The summed E-state index contributed by atoms with van der Waals surface area (Å²) in [4.78, 5) is 0. The van der Waals surface area contributed by atoms with Crippen molar-refractivity contribution in [2.75, 3.05) is 13.2 Å². The Morgan fingerprint density at radius 2 is 0.933 bits per heavy atom. The van der Waals surface area contributed by atoms with Gasteiger partial charge in [0.2, 0.25) is 0 Å². The average molecular weight is 401 g/mol. The molecule has 0 saturated carbocycles. The lowest BCUT2D eigenvalue weighted by molar-refractivity contribution is 0.0684. The average Bonchev–Trinajstić information content (AvgIpc) is 2.78. The van der Waals surface area contributed by atoms with Crippen molar-refractivity contribution in [3.05, 3.63) is 96.1 Å². The van der Waals surface area contributed by atoms with E-state index in [4.69, 9.17) is 20.9 Å². The monoisotopic (exact) mass is 400 g/mol. The van der Waals surface area contributed by atoms with Crippen molar-refractivity contribution in [3.63, 3.8) is 0 Å². The van der Waals surface area contributed by atoms with Gasteiger partial charge >= 0.3 is 0 Å². The predicted molar refractivity (Wildman–Crippen MR) is 123 cm³/mol. The maximum atomic E-state index is 6.20. The SMILES string of the molecule is N[C@H](COCc1ccc2ccccc2c1)[C@H](N)COCc1ccc2ccccc2c1. The van der Waals surface area contributed by atoms with Crippen molar-refractivity contribution in [1.82, 2.24) is 0 Å². The van der Waals surface area contributed by atoms with Crippen LogP contribution in [0.3, 0.4) is 0 Å². The van der Waals surface area contributed by atoms with Crippen LogP contribution < -0.4 is 11.5 Å². The van der Waals surface area contributed by atoms with Gasteiger partial charge in [0.25, 0.3) is 0 Å². The third-order valence-electron chi connectivity index (χ3n) is 5.34. The van der Waals surface area contributed by atoms with Crippen molar-refractivity contribution in [1.29, 1.82) is 0 Å². The molecular weight excluding hydrogens is 372 g/mol. The molecule has 0 unspecified atom stereocenters. The molecule has 0 heterocycles. The van der Waals surface area contributed by atoms with Gasteiger partial charge in [-0.15, -0.1) is 0 Å². The molecule has 4 heteroatoms. The Morgan fingerprint density at radius 1 is 0.533 bits per heavy atom. The van der Waals surface area contributed by atoms with Crippen LogP contribution >= 0.6 is 0 Å². The second-order valence-electron chi connectivity index (χ2n) is 7.72. The third-order valence-corrected chi connectivity index (χ3v) is 5.34. The highest BCUT2D eigenvalue weighted by atomic mass is 16.5. The smallest absolute Gasteiger partial charge is 0.0717 e. The van der Waals surface area contributed by atoms with Crippen LogP contribution in [-0.2, 0) is 22.7 Å². The Bertz CT molecular complexity index is 1020. The molecule has 0 spiro atoms. The fourth-order valence-corrected chi connectivity index (χ4v) is 3.53. The molecule has 0 aliphatic rings. The molecule has 2 atom stereocenters. The molecule has 4 aromatic carbocycles. The summed E-state index contributed by atoms with van der Waals surface area (Å²) in [7, 11) is 0. The highest BCUT2D eigenvalue weighted by Crippen LogP contribution is 2.17. The zero-order chi connectivity index (χ0) is 20.8. The van der Waals surface area contributed by atoms with Crippen LogP contribution in [0.25, 0.3) is 21.5 Å². The van der Waals surface area contributed by atoms with Gasteiger partial charge < -0.3 is 20.9 Å². The highest BCUT2D eigenvalue weighted by Gasteiger charge is 2.14. The van der Waals surface area contributed by atoms with Gasteiger partial charge in [0, 0.05) is 12.1 Å². The highest BCUT2D eigenvalue weighted by molar-refractivity contribution is 5.83. The Balaban J connectivity index is 1.20. The first-order chi connectivity index (χ1) is 14.7. The minimum atomic E-state index is -0.276. The summed E-state index contributed by atoms with van der Waals surface area (Å²) in [6, 6.07) is 28.7. The van der Waals surface area contributed by atoms with Gasteiger partial charge in [0.1, 0.15) is 0 Å². The molecule has 4 aromatic rings. The van der Waals surface area contributed by atoms with Crippen LogP contribution in [0, 0.1) is 0 Å². The van der Waals surface area contributed by atoms with Crippen LogP contribution in [0.15, 0.2) is 84.9 Å². The molecule has 0 aromatic heterocycles. The van der Waals surface area contributed by atoms with Crippen LogP contribution in [0.2, 0.25) is 0 Å². The zero-order valence-electron chi connectivity index (χ0n) is 17.0.